The molecule has 0 amide bonds. The van der Waals surface area contributed by atoms with Crippen LogP contribution in [0.15, 0.2) is 30.3 Å². The molecule has 0 aliphatic heterocycles. The van der Waals surface area contributed by atoms with Crippen molar-refractivity contribution >= 4 is 17.7 Å². The van der Waals surface area contributed by atoms with Gasteiger partial charge in [0.1, 0.15) is 5.78 Å². The van der Waals surface area contributed by atoms with E-state index in [9.17, 15) is 24.6 Å². The Hall–Kier alpha value is -2.17. The Morgan fingerprint density at radius 3 is 2.04 bits per heavy atom. The second kappa shape index (κ2) is 7.40. The first-order valence-electron chi connectivity index (χ1n) is 7.99. The second-order valence-corrected chi connectivity index (χ2v) is 6.33. The Balaban J connectivity index is 2.24. The SMILES string of the molecule is O=C(CC(Cc1ccccc1)(C(=O)O)C(=O)O)C1CCCCC1. The summed E-state index contributed by atoms with van der Waals surface area (Å²) >= 11 is 0. The molecule has 5 heteroatoms. The summed E-state index contributed by atoms with van der Waals surface area (Å²) in [6.45, 7) is 0. The number of carboxylic acid groups (broad SMARTS) is 2. The molecule has 0 heterocycles. The van der Waals surface area contributed by atoms with Crippen molar-refractivity contribution in [1.82, 2.24) is 0 Å². The smallest absolute Gasteiger partial charge is 0.321 e. The first kappa shape index (κ1) is 17.2. The Kier molecular flexibility index (Phi) is 5.53. The van der Waals surface area contributed by atoms with Gasteiger partial charge in [0.25, 0.3) is 0 Å². The van der Waals surface area contributed by atoms with E-state index in [-0.39, 0.29) is 18.1 Å². The van der Waals surface area contributed by atoms with E-state index >= 15 is 0 Å². The van der Waals surface area contributed by atoms with Crippen LogP contribution in [0.2, 0.25) is 0 Å². The van der Waals surface area contributed by atoms with Crippen LogP contribution in [0.1, 0.15) is 44.1 Å². The largest absolute Gasteiger partial charge is 0.480 e. The normalized spacial score (nSPS) is 16.0. The van der Waals surface area contributed by atoms with E-state index in [1.165, 1.54) is 0 Å². The van der Waals surface area contributed by atoms with E-state index < -0.39 is 23.8 Å². The molecule has 1 saturated carbocycles. The number of carbonyl (C=O) groups is 3. The molecule has 0 spiro atoms. The van der Waals surface area contributed by atoms with E-state index in [1.807, 2.05) is 0 Å². The molecule has 23 heavy (non-hydrogen) atoms. The van der Waals surface area contributed by atoms with Gasteiger partial charge in [-0.25, -0.2) is 0 Å². The lowest BCUT2D eigenvalue weighted by Crippen LogP contribution is -2.44. The first-order valence-corrected chi connectivity index (χ1v) is 7.99. The van der Waals surface area contributed by atoms with Gasteiger partial charge in [-0.1, -0.05) is 49.6 Å². The lowest BCUT2D eigenvalue weighted by atomic mass is 9.73. The first-order chi connectivity index (χ1) is 11.0. The van der Waals surface area contributed by atoms with Gasteiger partial charge in [-0.05, 0) is 24.8 Å². The van der Waals surface area contributed by atoms with Crippen molar-refractivity contribution in [1.29, 1.82) is 0 Å². The van der Waals surface area contributed by atoms with Crippen LogP contribution in [0.5, 0.6) is 0 Å². The molecule has 1 aliphatic carbocycles. The second-order valence-electron chi connectivity index (χ2n) is 6.33. The highest BCUT2D eigenvalue weighted by atomic mass is 16.4. The van der Waals surface area contributed by atoms with E-state index in [1.54, 1.807) is 30.3 Å². The van der Waals surface area contributed by atoms with Crippen LogP contribution in [0, 0.1) is 11.3 Å². The molecule has 1 aromatic rings. The van der Waals surface area contributed by atoms with Crippen molar-refractivity contribution in [2.24, 2.45) is 11.3 Å². The van der Waals surface area contributed by atoms with Crippen molar-refractivity contribution in [3.63, 3.8) is 0 Å². The van der Waals surface area contributed by atoms with Crippen molar-refractivity contribution in [3.8, 4) is 0 Å². The highest BCUT2D eigenvalue weighted by Crippen LogP contribution is 2.33. The minimum absolute atomic E-state index is 0.184. The molecular weight excluding hydrogens is 296 g/mol. The van der Waals surface area contributed by atoms with Gasteiger partial charge in [-0.15, -0.1) is 0 Å². The predicted octanol–water partition coefficient (Wildman–Crippen LogP) is 2.92. The fourth-order valence-electron chi connectivity index (χ4n) is 3.27. The fraction of sp³-hybridized carbons (Fsp3) is 0.500. The summed E-state index contributed by atoms with van der Waals surface area (Å²) in [6.07, 6.45) is 3.81. The van der Waals surface area contributed by atoms with Crippen LogP contribution in [0.25, 0.3) is 0 Å². The monoisotopic (exact) mass is 318 g/mol. The zero-order valence-corrected chi connectivity index (χ0v) is 13.0. The predicted molar refractivity (Wildman–Crippen MR) is 84.0 cm³/mol. The van der Waals surface area contributed by atoms with Gasteiger partial charge in [0.15, 0.2) is 5.41 Å². The molecule has 0 saturated heterocycles. The average molecular weight is 318 g/mol. The molecule has 2 rings (SSSR count). The molecule has 1 fully saturated rings. The number of carbonyl (C=O) groups excluding carboxylic acids is 1. The lowest BCUT2D eigenvalue weighted by Gasteiger charge is -2.28. The molecule has 2 N–H and O–H groups in total. The Labute approximate surface area is 135 Å². The zero-order valence-electron chi connectivity index (χ0n) is 13.0. The third-order valence-electron chi connectivity index (χ3n) is 4.70. The number of carboxylic acids is 2. The van der Waals surface area contributed by atoms with E-state index in [0.717, 1.165) is 32.1 Å². The number of hydrogen-bond donors (Lipinski definition) is 2. The minimum atomic E-state index is -2.09. The molecule has 0 atom stereocenters. The number of rotatable bonds is 7. The van der Waals surface area contributed by atoms with Crippen molar-refractivity contribution in [2.75, 3.05) is 0 Å². The van der Waals surface area contributed by atoms with E-state index in [4.69, 9.17) is 0 Å². The summed E-state index contributed by atoms with van der Waals surface area (Å²) in [5.41, 5.74) is -1.48. The van der Waals surface area contributed by atoms with Crippen LogP contribution >= 0.6 is 0 Å². The van der Waals surface area contributed by atoms with Crippen molar-refractivity contribution in [3.05, 3.63) is 35.9 Å². The fourth-order valence-corrected chi connectivity index (χ4v) is 3.27. The summed E-state index contributed by atoms with van der Waals surface area (Å²) in [4.78, 5) is 36.0. The van der Waals surface area contributed by atoms with Crippen molar-refractivity contribution in [2.45, 2.75) is 44.9 Å². The zero-order chi connectivity index (χ0) is 16.9. The Bertz CT molecular complexity index is 558. The third-order valence-corrected chi connectivity index (χ3v) is 4.70. The highest BCUT2D eigenvalue weighted by Gasteiger charge is 2.49. The highest BCUT2D eigenvalue weighted by molar-refractivity contribution is 6.03. The minimum Gasteiger partial charge on any atom is -0.480 e. The maximum atomic E-state index is 12.5. The van der Waals surface area contributed by atoms with Crippen LogP contribution in [0.4, 0.5) is 0 Å². The number of ketones is 1. The number of Topliss-reactive ketones (excluding diaryl/α,β-unsaturated/α-hetero) is 1. The van der Waals surface area contributed by atoms with Gasteiger partial charge in [0.2, 0.25) is 0 Å². The van der Waals surface area contributed by atoms with Gasteiger partial charge in [0, 0.05) is 12.3 Å². The van der Waals surface area contributed by atoms with Gasteiger partial charge in [-0.3, -0.25) is 14.4 Å². The maximum absolute atomic E-state index is 12.5. The molecule has 124 valence electrons. The summed E-state index contributed by atoms with van der Waals surface area (Å²) in [5.74, 6) is -3.32. The average Bonchev–Trinajstić information content (AvgIpc) is 2.55. The molecule has 0 unspecified atom stereocenters. The summed E-state index contributed by atoms with van der Waals surface area (Å²) < 4.78 is 0. The van der Waals surface area contributed by atoms with Crippen molar-refractivity contribution < 1.29 is 24.6 Å². The summed E-state index contributed by atoms with van der Waals surface area (Å²) in [6, 6.07) is 8.61. The van der Waals surface area contributed by atoms with E-state index in [0.29, 0.717) is 5.56 Å². The summed E-state index contributed by atoms with van der Waals surface area (Å²) in [7, 11) is 0. The molecule has 0 aromatic heterocycles. The number of benzene rings is 1. The lowest BCUT2D eigenvalue weighted by molar-refractivity contribution is -0.167. The van der Waals surface area contributed by atoms with Crippen LogP contribution < -0.4 is 0 Å². The Morgan fingerprint density at radius 2 is 1.52 bits per heavy atom. The molecule has 1 aromatic carbocycles. The maximum Gasteiger partial charge on any atom is 0.321 e. The molecule has 1 aliphatic rings. The van der Waals surface area contributed by atoms with Gasteiger partial charge < -0.3 is 10.2 Å². The van der Waals surface area contributed by atoms with E-state index in [2.05, 4.69) is 0 Å². The quantitative estimate of drug-likeness (QED) is 0.754. The molecule has 0 bridgehead atoms. The topological polar surface area (TPSA) is 91.7 Å². The third kappa shape index (κ3) is 3.97. The number of hydrogen-bond acceptors (Lipinski definition) is 3. The summed E-state index contributed by atoms with van der Waals surface area (Å²) in [5, 5.41) is 19.1. The van der Waals surface area contributed by atoms with Gasteiger partial charge in [-0.2, -0.15) is 0 Å². The molecule has 5 nitrogen and oxygen atoms in total. The van der Waals surface area contributed by atoms with Crippen LogP contribution in [0.3, 0.4) is 0 Å². The molecular formula is C18H22O5. The Morgan fingerprint density at radius 1 is 0.957 bits per heavy atom. The number of aliphatic carboxylic acids is 2. The standard InChI is InChI=1S/C18H22O5/c19-15(14-9-5-2-6-10-14)12-18(16(20)21,17(22)23)11-13-7-3-1-4-8-13/h1,3-4,7-8,14H,2,5-6,9-12H2,(H,20,21)(H,22,23). The van der Waals surface area contributed by atoms with Gasteiger partial charge in [0.05, 0.1) is 0 Å². The van der Waals surface area contributed by atoms with Crippen LogP contribution in [-0.2, 0) is 20.8 Å². The van der Waals surface area contributed by atoms with Crippen LogP contribution in [-0.4, -0.2) is 27.9 Å². The molecule has 0 radical (unpaired) electrons. The van der Waals surface area contributed by atoms with Gasteiger partial charge >= 0.3 is 11.9 Å².